The summed E-state index contributed by atoms with van der Waals surface area (Å²) in [6.07, 6.45) is -1.24. The molecule has 0 aliphatic heterocycles. The van der Waals surface area contributed by atoms with Crippen molar-refractivity contribution in [3.05, 3.63) is 77.9 Å². The number of fused-ring (bicyclic) bond motifs is 1. The van der Waals surface area contributed by atoms with Crippen molar-refractivity contribution in [1.82, 2.24) is 19.5 Å². The summed E-state index contributed by atoms with van der Waals surface area (Å²) in [4.78, 5) is 22.0. The minimum Gasteiger partial charge on any atom is -0.497 e. The number of pyridine rings is 1. The van der Waals surface area contributed by atoms with Crippen LogP contribution in [0.2, 0.25) is 0 Å². The molecule has 170 valence electrons. The van der Waals surface area contributed by atoms with E-state index in [1.54, 1.807) is 37.5 Å². The van der Waals surface area contributed by atoms with E-state index in [-0.39, 0.29) is 16.9 Å². The number of halogens is 3. The lowest BCUT2D eigenvalue weighted by Gasteiger charge is -2.16. The maximum absolute atomic E-state index is 13.8. The van der Waals surface area contributed by atoms with Gasteiger partial charge in [0.2, 0.25) is 0 Å². The summed E-state index contributed by atoms with van der Waals surface area (Å²) in [6.45, 7) is 0.360. The maximum atomic E-state index is 13.8. The van der Waals surface area contributed by atoms with Crippen LogP contribution in [0.3, 0.4) is 0 Å². The van der Waals surface area contributed by atoms with E-state index in [1.807, 2.05) is 18.2 Å². The molecule has 1 N–H and O–H groups in total. The lowest BCUT2D eigenvalue weighted by Crippen LogP contribution is -2.30. The fraction of sp³-hybridized carbons (Fsp3) is 0.217. The Labute approximate surface area is 187 Å². The number of H-pyrrole nitrogens is 1. The highest BCUT2D eigenvalue weighted by atomic mass is 19.4. The number of hydrogen-bond donors (Lipinski definition) is 0. The Morgan fingerprint density at radius 2 is 2.00 bits per heavy atom. The molecule has 3 aromatic heterocycles. The number of alkyl halides is 3. The van der Waals surface area contributed by atoms with Crippen LogP contribution in [0.4, 0.5) is 13.2 Å². The Hall–Kier alpha value is -3.95. The van der Waals surface area contributed by atoms with Crippen LogP contribution in [0.5, 0.6) is 5.75 Å². The molecular formula is C23H21F3N5O2+. The van der Waals surface area contributed by atoms with E-state index >= 15 is 0 Å². The molecule has 1 aromatic carbocycles. The molecule has 0 aliphatic rings. The smallest absolute Gasteiger partial charge is 0.433 e. The summed E-state index contributed by atoms with van der Waals surface area (Å²) < 4.78 is 47.3. The number of amides is 1. The van der Waals surface area contributed by atoms with E-state index in [9.17, 15) is 18.0 Å². The Kier molecular flexibility index (Phi) is 5.99. The Morgan fingerprint density at radius 3 is 2.70 bits per heavy atom. The first-order valence-electron chi connectivity index (χ1n) is 10.1. The third-order valence-electron chi connectivity index (χ3n) is 5.19. The first-order valence-corrected chi connectivity index (χ1v) is 10.1. The molecule has 0 saturated carbocycles. The molecule has 0 saturated heterocycles. The summed E-state index contributed by atoms with van der Waals surface area (Å²) >= 11 is 0. The zero-order valence-electron chi connectivity index (χ0n) is 17.9. The van der Waals surface area contributed by atoms with E-state index in [2.05, 4.69) is 15.1 Å². The molecule has 0 spiro atoms. The Bertz CT molecular complexity index is 1290. The zero-order chi connectivity index (χ0) is 23.6. The summed E-state index contributed by atoms with van der Waals surface area (Å²) in [5, 5.41) is 3.83. The van der Waals surface area contributed by atoms with Crippen LogP contribution < -0.4 is 9.72 Å². The minimum atomic E-state index is -4.70. The minimum absolute atomic E-state index is 0.00946. The second kappa shape index (κ2) is 8.89. The molecule has 0 unspecified atom stereocenters. The lowest BCUT2D eigenvalue weighted by molar-refractivity contribution is -0.390. The number of methoxy groups -OCH3 is 1. The number of carbonyl (C=O) groups excluding carboxylic acids is 1. The molecule has 4 rings (SSSR count). The number of benzene rings is 1. The van der Waals surface area contributed by atoms with E-state index < -0.39 is 17.8 Å². The zero-order valence-corrected chi connectivity index (χ0v) is 17.9. The lowest BCUT2D eigenvalue weighted by atomic mass is 10.1. The summed E-state index contributed by atoms with van der Waals surface area (Å²) in [5.74, 6) is 0.00865. The van der Waals surface area contributed by atoms with Gasteiger partial charge in [0.1, 0.15) is 11.3 Å². The van der Waals surface area contributed by atoms with Crippen LogP contribution >= 0.6 is 0 Å². The van der Waals surface area contributed by atoms with E-state index in [1.165, 1.54) is 12.0 Å². The van der Waals surface area contributed by atoms with Crippen molar-refractivity contribution in [2.24, 2.45) is 0 Å². The number of carbonyl (C=O) groups is 1. The van der Waals surface area contributed by atoms with Crippen molar-refractivity contribution in [2.45, 2.75) is 12.6 Å². The van der Waals surface area contributed by atoms with Crippen molar-refractivity contribution in [3.63, 3.8) is 0 Å². The number of aromatic amines is 1. The van der Waals surface area contributed by atoms with Crippen molar-refractivity contribution in [1.29, 1.82) is 0 Å². The average molecular weight is 456 g/mol. The first kappa shape index (κ1) is 22.3. The predicted octanol–water partition coefficient (Wildman–Crippen LogP) is 3.55. The molecule has 0 atom stereocenters. The number of rotatable bonds is 6. The maximum Gasteiger partial charge on any atom is 0.433 e. The van der Waals surface area contributed by atoms with Crippen LogP contribution in [-0.2, 0) is 12.6 Å². The molecule has 4 aromatic rings. The van der Waals surface area contributed by atoms with E-state index in [0.29, 0.717) is 28.8 Å². The van der Waals surface area contributed by atoms with Gasteiger partial charge in [-0.25, -0.2) is 14.5 Å². The Morgan fingerprint density at radius 1 is 1.18 bits per heavy atom. The predicted molar refractivity (Wildman–Crippen MR) is 114 cm³/mol. The van der Waals surface area contributed by atoms with Gasteiger partial charge in [-0.15, -0.1) is 0 Å². The number of likely N-dealkylation sites (N-methyl/N-ethyl adjacent to an activating group) is 1. The number of ether oxygens (including phenoxy) is 1. The third-order valence-corrected chi connectivity index (χ3v) is 5.19. The van der Waals surface area contributed by atoms with E-state index in [0.717, 1.165) is 18.0 Å². The van der Waals surface area contributed by atoms with Gasteiger partial charge in [-0.3, -0.25) is 4.79 Å². The average Bonchev–Trinajstić information content (AvgIpc) is 3.25. The molecule has 0 fully saturated rings. The highest BCUT2D eigenvalue weighted by molar-refractivity contribution is 5.99. The van der Waals surface area contributed by atoms with Gasteiger partial charge >= 0.3 is 6.18 Å². The fourth-order valence-corrected chi connectivity index (χ4v) is 3.43. The number of hydrogen-bond acceptors (Lipinski definition) is 4. The van der Waals surface area contributed by atoms with Crippen LogP contribution in [-0.4, -0.2) is 46.1 Å². The number of aromatic nitrogens is 4. The third kappa shape index (κ3) is 4.64. The summed E-state index contributed by atoms with van der Waals surface area (Å²) in [5.41, 5.74) is 0.219. The SMILES string of the molecule is COc1cccc(-c2cc(C(F)(F)F)n3ncc(C(=O)N(C)CCc4cccc[nH+]4)c3n2)c1. The highest BCUT2D eigenvalue weighted by Gasteiger charge is 2.36. The van der Waals surface area contributed by atoms with Gasteiger partial charge in [-0.1, -0.05) is 18.2 Å². The fourth-order valence-electron chi connectivity index (χ4n) is 3.43. The molecule has 33 heavy (non-hydrogen) atoms. The van der Waals surface area contributed by atoms with Crippen molar-refractivity contribution < 1.29 is 27.7 Å². The molecule has 3 heterocycles. The second-order valence-corrected chi connectivity index (χ2v) is 7.41. The summed E-state index contributed by atoms with van der Waals surface area (Å²) in [6, 6.07) is 13.1. The van der Waals surface area contributed by atoms with Crippen LogP contribution in [0, 0.1) is 0 Å². The Balaban J connectivity index is 1.74. The van der Waals surface area contributed by atoms with Crippen LogP contribution in [0.1, 0.15) is 21.7 Å². The molecule has 0 aliphatic carbocycles. The van der Waals surface area contributed by atoms with Gasteiger partial charge < -0.3 is 9.64 Å². The van der Waals surface area contributed by atoms with Crippen molar-refractivity contribution in [2.75, 3.05) is 20.7 Å². The highest BCUT2D eigenvalue weighted by Crippen LogP contribution is 2.33. The summed E-state index contributed by atoms with van der Waals surface area (Å²) in [7, 11) is 3.05. The molecular weight excluding hydrogens is 435 g/mol. The van der Waals surface area contributed by atoms with Gasteiger partial charge in [0, 0.05) is 37.7 Å². The van der Waals surface area contributed by atoms with Crippen LogP contribution in [0.15, 0.2) is 60.9 Å². The van der Waals surface area contributed by atoms with Gasteiger partial charge in [0.15, 0.2) is 23.2 Å². The first-order chi connectivity index (χ1) is 15.8. The molecule has 10 heteroatoms. The molecule has 0 bridgehead atoms. The van der Waals surface area contributed by atoms with Crippen molar-refractivity contribution in [3.8, 4) is 17.0 Å². The largest absolute Gasteiger partial charge is 0.497 e. The van der Waals surface area contributed by atoms with E-state index in [4.69, 9.17) is 4.74 Å². The second-order valence-electron chi connectivity index (χ2n) is 7.41. The standard InChI is InChI=1S/C23H20F3N5O2/c1-30(11-9-16-7-3-4-10-27-16)22(32)18-14-28-31-20(23(24,25)26)13-19(29-21(18)31)15-6-5-8-17(12-15)33-2/h3-8,10,12-14H,9,11H2,1-2H3/p+1. The van der Waals surface area contributed by atoms with Gasteiger partial charge in [-0.05, 0) is 18.2 Å². The van der Waals surface area contributed by atoms with Gasteiger partial charge in [0.05, 0.1) is 19.0 Å². The molecule has 7 nitrogen and oxygen atoms in total. The van der Waals surface area contributed by atoms with Crippen molar-refractivity contribution >= 4 is 11.6 Å². The quantitative estimate of drug-likeness (QED) is 0.445. The van der Waals surface area contributed by atoms with Gasteiger partial charge in [0.25, 0.3) is 5.91 Å². The van der Waals surface area contributed by atoms with Gasteiger partial charge in [-0.2, -0.15) is 18.3 Å². The topological polar surface area (TPSA) is 73.9 Å². The number of nitrogens with one attached hydrogen (secondary N) is 1. The molecule has 0 radical (unpaired) electrons. The normalized spacial score (nSPS) is 11.5. The van der Waals surface area contributed by atoms with Crippen LogP contribution in [0.25, 0.3) is 16.9 Å². The number of nitrogens with zero attached hydrogens (tertiary/aromatic N) is 4. The monoisotopic (exact) mass is 456 g/mol. The molecule has 1 amide bonds.